The second-order valence-electron chi connectivity index (χ2n) is 2.64. The van der Waals surface area contributed by atoms with E-state index < -0.39 is 10.1 Å². The van der Waals surface area contributed by atoms with Crippen LogP contribution in [-0.4, -0.2) is 15.5 Å². The molecule has 5 heteroatoms. The molecule has 0 aliphatic carbocycles. The number of hydrogen-bond acceptors (Lipinski definition) is 4. The topological polar surface area (TPSA) is 69.4 Å². The van der Waals surface area contributed by atoms with Crippen molar-refractivity contribution in [3.63, 3.8) is 0 Å². The van der Waals surface area contributed by atoms with Crippen molar-refractivity contribution in [3.8, 4) is 0 Å². The normalized spacial score (nSPS) is 11.5. The van der Waals surface area contributed by atoms with Gasteiger partial charge >= 0.3 is 0 Å². The highest BCUT2D eigenvalue weighted by Crippen LogP contribution is 2.18. The Hall–Kier alpha value is -1.07. The summed E-state index contributed by atoms with van der Waals surface area (Å²) in [6.45, 7) is 1.80. The van der Waals surface area contributed by atoms with E-state index in [0.29, 0.717) is 5.69 Å². The van der Waals surface area contributed by atoms with Gasteiger partial charge < -0.3 is 5.73 Å². The average Bonchev–Trinajstić information content (AvgIpc) is 2.09. The summed E-state index contributed by atoms with van der Waals surface area (Å²) in [5.41, 5.74) is 6.84. The maximum atomic E-state index is 11.2. The summed E-state index contributed by atoms with van der Waals surface area (Å²) >= 11 is 0. The minimum atomic E-state index is -3.62. The Morgan fingerprint density at radius 3 is 2.46 bits per heavy atom. The van der Waals surface area contributed by atoms with Crippen molar-refractivity contribution in [2.75, 3.05) is 12.8 Å². The van der Waals surface area contributed by atoms with E-state index in [2.05, 4.69) is 4.18 Å². The number of benzene rings is 1. The first kappa shape index (κ1) is 10.0. The molecule has 0 aromatic heterocycles. The van der Waals surface area contributed by atoms with E-state index in [1.807, 2.05) is 0 Å². The molecule has 72 valence electrons. The van der Waals surface area contributed by atoms with Crippen LogP contribution in [0.4, 0.5) is 5.69 Å². The van der Waals surface area contributed by atoms with Gasteiger partial charge in [0.2, 0.25) is 0 Å². The number of anilines is 1. The third-order valence-corrected chi connectivity index (χ3v) is 3.03. The summed E-state index contributed by atoms with van der Waals surface area (Å²) in [6, 6.07) is 4.49. The zero-order chi connectivity index (χ0) is 10.1. The van der Waals surface area contributed by atoms with Crippen LogP contribution >= 0.6 is 0 Å². The molecule has 0 heterocycles. The average molecular weight is 201 g/mol. The van der Waals surface area contributed by atoms with Crippen molar-refractivity contribution in [1.82, 2.24) is 0 Å². The van der Waals surface area contributed by atoms with Crippen LogP contribution in [0.2, 0.25) is 0 Å². The smallest absolute Gasteiger partial charge is 0.296 e. The highest BCUT2D eigenvalue weighted by atomic mass is 32.2. The molecular formula is C8H11NO3S. The zero-order valence-electron chi connectivity index (χ0n) is 7.44. The van der Waals surface area contributed by atoms with Crippen molar-refractivity contribution in [1.29, 1.82) is 0 Å². The molecule has 1 aromatic rings. The monoisotopic (exact) mass is 201 g/mol. The lowest BCUT2D eigenvalue weighted by molar-refractivity contribution is 0.398. The fourth-order valence-electron chi connectivity index (χ4n) is 0.870. The molecule has 0 bridgehead atoms. The van der Waals surface area contributed by atoms with Crippen LogP contribution in [-0.2, 0) is 14.3 Å². The quantitative estimate of drug-likeness (QED) is 0.570. The van der Waals surface area contributed by atoms with E-state index in [0.717, 1.165) is 12.7 Å². The fourth-order valence-corrected chi connectivity index (χ4v) is 1.57. The van der Waals surface area contributed by atoms with E-state index in [1.165, 1.54) is 12.1 Å². The van der Waals surface area contributed by atoms with Gasteiger partial charge in [-0.1, -0.05) is 6.07 Å². The van der Waals surface area contributed by atoms with Crippen LogP contribution in [0, 0.1) is 6.92 Å². The van der Waals surface area contributed by atoms with Gasteiger partial charge in [-0.2, -0.15) is 8.42 Å². The molecular weight excluding hydrogens is 190 g/mol. The van der Waals surface area contributed by atoms with Gasteiger partial charge in [-0.15, -0.1) is 0 Å². The molecule has 0 unspecified atom stereocenters. The van der Waals surface area contributed by atoms with Gasteiger partial charge in [0.05, 0.1) is 12.0 Å². The number of nitrogen functional groups attached to an aromatic ring is 1. The maximum absolute atomic E-state index is 11.2. The Morgan fingerprint density at radius 1 is 1.38 bits per heavy atom. The van der Waals surface area contributed by atoms with Crippen LogP contribution in [0.15, 0.2) is 23.1 Å². The number of nitrogens with two attached hydrogens (primary N) is 1. The number of rotatable bonds is 2. The van der Waals surface area contributed by atoms with Gasteiger partial charge in [-0.05, 0) is 24.6 Å². The highest BCUT2D eigenvalue weighted by Gasteiger charge is 2.12. The second kappa shape index (κ2) is 3.35. The van der Waals surface area contributed by atoms with Gasteiger partial charge in [0.25, 0.3) is 10.1 Å². The molecule has 4 nitrogen and oxygen atoms in total. The van der Waals surface area contributed by atoms with Crippen LogP contribution in [0.3, 0.4) is 0 Å². The predicted octanol–water partition coefficient (Wildman–Crippen LogP) is 0.912. The summed E-state index contributed by atoms with van der Waals surface area (Å²) in [6.07, 6.45) is 0. The molecule has 2 N–H and O–H groups in total. The van der Waals surface area contributed by atoms with Gasteiger partial charge in [-0.25, -0.2) is 0 Å². The third-order valence-electron chi connectivity index (χ3n) is 1.76. The minimum Gasteiger partial charge on any atom is -0.398 e. The molecule has 1 aromatic carbocycles. The molecule has 0 aliphatic rings. The molecule has 0 saturated carbocycles. The van der Waals surface area contributed by atoms with Gasteiger partial charge in [0.15, 0.2) is 0 Å². The Balaban J connectivity index is 3.27. The Morgan fingerprint density at radius 2 is 2.00 bits per heavy atom. The molecule has 0 aliphatic heterocycles. The van der Waals surface area contributed by atoms with Crippen LogP contribution in [0.1, 0.15) is 5.56 Å². The van der Waals surface area contributed by atoms with Crippen molar-refractivity contribution < 1.29 is 12.6 Å². The first-order chi connectivity index (χ1) is 5.97. The van der Waals surface area contributed by atoms with Crippen molar-refractivity contribution in [2.24, 2.45) is 0 Å². The maximum Gasteiger partial charge on any atom is 0.296 e. The van der Waals surface area contributed by atoms with Gasteiger partial charge in [0.1, 0.15) is 0 Å². The fraction of sp³-hybridized carbons (Fsp3) is 0.250. The molecule has 0 saturated heterocycles. The largest absolute Gasteiger partial charge is 0.398 e. The molecule has 0 radical (unpaired) electrons. The lowest BCUT2D eigenvalue weighted by Gasteiger charge is -2.04. The van der Waals surface area contributed by atoms with Crippen molar-refractivity contribution in [3.05, 3.63) is 23.8 Å². The van der Waals surface area contributed by atoms with E-state index in [-0.39, 0.29) is 4.90 Å². The van der Waals surface area contributed by atoms with Crippen molar-refractivity contribution >= 4 is 15.8 Å². The first-order valence-electron chi connectivity index (χ1n) is 3.64. The van der Waals surface area contributed by atoms with E-state index in [1.54, 1.807) is 13.0 Å². The molecule has 1 rings (SSSR count). The third kappa shape index (κ3) is 1.99. The Labute approximate surface area is 77.4 Å². The Kier molecular flexibility index (Phi) is 2.58. The summed E-state index contributed by atoms with van der Waals surface area (Å²) in [4.78, 5) is 0.0816. The second-order valence-corrected chi connectivity index (χ2v) is 4.35. The van der Waals surface area contributed by atoms with Crippen LogP contribution in [0.25, 0.3) is 0 Å². The summed E-state index contributed by atoms with van der Waals surface area (Å²) in [5, 5.41) is 0. The number of aryl methyl sites for hydroxylation is 1. The SMILES string of the molecule is COS(=O)(=O)c1ccc(C)c(N)c1. The van der Waals surface area contributed by atoms with E-state index >= 15 is 0 Å². The highest BCUT2D eigenvalue weighted by molar-refractivity contribution is 7.86. The first-order valence-corrected chi connectivity index (χ1v) is 5.05. The van der Waals surface area contributed by atoms with Crippen LogP contribution in [0.5, 0.6) is 0 Å². The van der Waals surface area contributed by atoms with E-state index in [4.69, 9.17) is 5.73 Å². The Bertz CT molecular complexity index is 411. The molecule has 0 amide bonds. The minimum absolute atomic E-state index is 0.0816. The summed E-state index contributed by atoms with van der Waals surface area (Å²) < 4.78 is 26.7. The van der Waals surface area contributed by atoms with Gasteiger partial charge in [0, 0.05) is 5.69 Å². The number of hydrogen-bond donors (Lipinski definition) is 1. The molecule has 0 atom stereocenters. The van der Waals surface area contributed by atoms with Gasteiger partial charge in [-0.3, -0.25) is 4.18 Å². The molecule has 0 spiro atoms. The lowest BCUT2D eigenvalue weighted by Crippen LogP contribution is -2.03. The predicted molar refractivity (Wildman–Crippen MR) is 49.8 cm³/mol. The van der Waals surface area contributed by atoms with Crippen molar-refractivity contribution in [2.45, 2.75) is 11.8 Å². The lowest BCUT2D eigenvalue weighted by atomic mass is 10.2. The molecule has 13 heavy (non-hydrogen) atoms. The zero-order valence-corrected chi connectivity index (χ0v) is 8.26. The summed E-state index contributed by atoms with van der Waals surface area (Å²) in [7, 11) is -2.50. The molecule has 0 fully saturated rings. The van der Waals surface area contributed by atoms with E-state index in [9.17, 15) is 8.42 Å². The summed E-state index contributed by atoms with van der Waals surface area (Å²) in [5.74, 6) is 0. The van der Waals surface area contributed by atoms with Crippen LogP contribution < -0.4 is 5.73 Å². The standard InChI is InChI=1S/C8H11NO3S/c1-6-3-4-7(5-8(6)9)13(10,11)12-2/h3-5H,9H2,1-2H3.